The molecule has 0 saturated heterocycles. The van der Waals surface area contributed by atoms with Gasteiger partial charge in [0.15, 0.2) is 0 Å². The third-order valence-corrected chi connectivity index (χ3v) is 2.80. The van der Waals surface area contributed by atoms with Crippen LogP contribution in [0.2, 0.25) is 5.02 Å². The summed E-state index contributed by atoms with van der Waals surface area (Å²) >= 11 is 5.89. The third kappa shape index (κ3) is 4.42. The fourth-order valence-electron chi connectivity index (χ4n) is 1.71. The number of benzene rings is 1. The molecule has 0 aromatic heterocycles. The standard InChI is InChI=1S/C14H19ClN2O3/c1-9(2)16-13(18)8-17(3)14(19)11-7-10(15)5-6-12(11)20-4/h5-7,9H,8H2,1-4H3,(H,16,18). The first-order valence-electron chi connectivity index (χ1n) is 6.23. The lowest BCUT2D eigenvalue weighted by Crippen LogP contribution is -2.40. The van der Waals surface area contributed by atoms with Crippen molar-refractivity contribution in [2.24, 2.45) is 0 Å². The number of nitrogens with zero attached hydrogens (tertiary/aromatic N) is 1. The van der Waals surface area contributed by atoms with Gasteiger partial charge in [-0.25, -0.2) is 0 Å². The van der Waals surface area contributed by atoms with E-state index in [-0.39, 0.29) is 24.4 Å². The van der Waals surface area contributed by atoms with Gasteiger partial charge in [0.1, 0.15) is 5.75 Å². The van der Waals surface area contributed by atoms with E-state index in [0.717, 1.165) is 0 Å². The van der Waals surface area contributed by atoms with Gasteiger partial charge < -0.3 is 15.0 Å². The van der Waals surface area contributed by atoms with Crippen molar-refractivity contribution in [3.05, 3.63) is 28.8 Å². The Morgan fingerprint density at radius 3 is 2.60 bits per heavy atom. The van der Waals surface area contributed by atoms with Crippen LogP contribution in [0.1, 0.15) is 24.2 Å². The summed E-state index contributed by atoms with van der Waals surface area (Å²) in [6.45, 7) is 3.70. The van der Waals surface area contributed by atoms with Crippen LogP contribution in [0.4, 0.5) is 0 Å². The van der Waals surface area contributed by atoms with E-state index in [4.69, 9.17) is 16.3 Å². The lowest BCUT2D eigenvalue weighted by atomic mass is 10.1. The molecule has 2 amide bonds. The summed E-state index contributed by atoms with van der Waals surface area (Å²) in [6.07, 6.45) is 0. The molecule has 110 valence electrons. The molecule has 0 atom stereocenters. The second kappa shape index (κ2) is 7.14. The van der Waals surface area contributed by atoms with Gasteiger partial charge in [-0.05, 0) is 32.0 Å². The van der Waals surface area contributed by atoms with Crippen molar-refractivity contribution in [3.8, 4) is 5.75 Å². The number of hydrogen-bond donors (Lipinski definition) is 1. The fourth-order valence-corrected chi connectivity index (χ4v) is 1.88. The molecule has 0 aliphatic rings. The Labute approximate surface area is 123 Å². The Morgan fingerprint density at radius 2 is 2.05 bits per heavy atom. The minimum absolute atomic E-state index is 0.0211. The van der Waals surface area contributed by atoms with Crippen LogP contribution in [0.3, 0.4) is 0 Å². The van der Waals surface area contributed by atoms with Crippen LogP contribution in [0.5, 0.6) is 5.75 Å². The van der Waals surface area contributed by atoms with Gasteiger partial charge >= 0.3 is 0 Å². The largest absolute Gasteiger partial charge is 0.496 e. The molecule has 1 N–H and O–H groups in total. The molecular formula is C14H19ClN2O3. The van der Waals surface area contributed by atoms with Gasteiger partial charge in [0, 0.05) is 18.1 Å². The van der Waals surface area contributed by atoms with Gasteiger partial charge in [0.2, 0.25) is 5.91 Å². The molecule has 0 bridgehead atoms. The Kier molecular flexibility index (Phi) is 5.82. The van der Waals surface area contributed by atoms with Gasteiger partial charge in [-0.15, -0.1) is 0 Å². The quantitative estimate of drug-likeness (QED) is 0.904. The number of hydrogen-bond acceptors (Lipinski definition) is 3. The van der Waals surface area contributed by atoms with Crippen molar-refractivity contribution in [1.82, 2.24) is 10.2 Å². The molecule has 1 aromatic carbocycles. The average Bonchev–Trinajstić information content (AvgIpc) is 2.36. The van der Waals surface area contributed by atoms with E-state index in [9.17, 15) is 9.59 Å². The summed E-state index contributed by atoms with van der Waals surface area (Å²) in [5.74, 6) is -0.101. The zero-order valence-corrected chi connectivity index (χ0v) is 12.8. The average molecular weight is 299 g/mol. The number of ether oxygens (including phenoxy) is 1. The van der Waals surface area contributed by atoms with Crippen molar-refractivity contribution in [2.45, 2.75) is 19.9 Å². The number of amides is 2. The molecular weight excluding hydrogens is 280 g/mol. The van der Waals surface area contributed by atoms with Crippen molar-refractivity contribution in [2.75, 3.05) is 20.7 Å². The summed E-state index contributed by atoms with van der Waals surface area (Å²) in [6, 6.07) is 4.83. The summed E-state index contributed by atoms with van der Waals surface area (Å²) in [7, 11) is 3.04. The van der Waals surface area contributed by atoms with Crippen molar-refractivity contribution in [3.63, 3.8) is 0 Å². The third-order valence-electron chi connectivity index (χ3n) is 2.57. The predicted molar refractivity (Wildman–Crippen MR) is 78.2 cm³/mol. The van der Waals surface area contributed by atoms with E-state index < -0.39 is 0 Å². The second-order valence-corrected chi connectivity index (χ2v) is 5.16. The Morgan fingerprint density at radius 1 is 1.40 bits per heavy atom. The van der Waals surface area contributed by atoms with Crippen LogP contribution in [-0.2, 0) is 4.79 Å². The van der Waals surface area contributed by atoms with Crippen LogP contribution in [0.25, 0.3) is 0 Å². The molecule has 20 heavy (non-hydrogen) atoms. The summed E-state index contributed by atoms with van der Waals surface area (Å²) in [5.41, 5.74) is 0.333. The van der Waals surface area contributed by atoms with Crippen LogP contribution < -0.4 is 10.1 Å². The fraction of sp³-hybridized carbons (Fsp3) is 0.429. The van der Waals surface area contributed by atoms with Crippen LogP contribution in [-0.4, -0.2) is 43.5 Å². The first kappa shape index (κ1) is 16.3. The maximum Gasteiger partial charge on any atom is 0.257 e. The van der Waals surface area contributed by atoms with Crippen molar-refractivity contribution < 1.29 is 14.3 Å². The van der Waals surface area contributed by atoms with E-state index in [2.05, 4.69) is 5.32 Å². The molecule has 0 spiro atoms. The lowest BCUT2D eigenvalue weighted by Gasteiger charge is -2.19. The van der Waals surface area contributed by atoms with E-state index in [0.29, 0.717) is 16.3 Å². The highest BCUT2D eigenvalue weighted by Crippen LogP contribution is 2.23. The molecule has 5 nitrogen and oxygen atoms in total. The highest BCUT2D eigenvalue weighted by Gasteiger charge is 2.19. The summed E-state index contributed by atoms with van der Waals surface area (Å²) in [4.78, 5) is 25.3. The van der Waals surface area contributed by atoms with Gasteiger partial charge in [0.05, 0.1) is 19.2 Å². The Balaban J connectivity index is 2.84. The van der Waals surface area contributed by atoms with E-state index in [1.54, 1.807) is 19.2 Å². The van der Waals surface area contributed by atoms with E-state index in [1.807, 2.05) is 13.8 Å². The lowest BCUT2D eigenvalue weighted by molar-refractivity contribution is -0.122. The van der Waals surface area contributed by atoms with E-state index >= 15 is 0 Å². The molecule has 1 rings (SSSR count). The first-order valence-corrected chi connectivity index (χ1v) is 6.61. The zero-order valence-electron chi connectivity index (χ0n) is 12.1. The van der Waals surface area contributed by atoms with Crippen LogP contribution in [0, 0.1) is 0 Å². The molecule has 0 saturated carbocycles. The van der Waals surface area contributed by atoms with Gasteiger partial charge in [-0.2, -0.15) is 0 Å². The number of carbonyl (C=O) groups is 2. The molecule has 0 aliphatic carbocycles. The molecule has 0 unspecified atom stereocenters. The number of methoxy groups -OCH3 is 1. The van der Waals surface area contributed by atoms with Crippen molar-refractivity contribution >= 4 is 23.4 Å². The van der Waals surface area contributed by atoms with E-state index in [1.165, 1.54) is 18.1 Å². The summed E-state index contributed by atoms with van der Waals surface area (Å²) < 4.78 is 5.13. The first-order chi connectivity index (χ1) is 9.35. The number of carbonyl (C=O) groups excluding carboxylic acids is 2. The normalized spacial score (nSPS) is 10.3. The minimum Gasteiger partial charge on any atom is -0.496 e. The highest BCUT2D eigenvalue weighted by molar-refractivity contribution is 6.31. The van der Waals surface area contributed by atoms with Gasteiger partial charge in [-0.3, -0.25) is 9.59 Å². The Hall–Kier alpha value is -1.75. The Bertz CT molecular complexity index is 503. The van der Waals surface area contributed by atoms with Gasteiger partial charge in [-0.1, -0.05) is 11.6 Å². The second-order valence-electron chi connectivity index (χ2n) is 4.73. The topological polar surface area (TPSA) is 58.6 Å². The number of nitrogens with one attached hydrogen (secondary N) is 1. The zero-order chi connectivity index (χ0) is 15.3. The predicted octanol–water partition coefficient (Wildman–Crippen LogP) is 1.95. The monoisotopic (exact) mass is 298 g/mol. The molecule has 0 aliphatic heterocycles. The maximum absolute atomic E-state index is 12.3. The molecule has 0 fully saturated rings. The van der Waals surface area contributed by atoms with Crippen LogP contribution >= 0.6 is 11.6 Å². The minimum atomic E-state index is -0.316. The smallest absolute Gasteiger partial charge is 0.257 e. The number of likely N-dealkylation sites (N-methyl/N-ethyl adjacent to an activating group) is 1. The van der Waals surface area contributed by atoms with Gasteiger partial charge in [0.25, 0.3) is 5.91 Å². The molecule has 6 heteroatoms. The SMILES string of the molecule is COc1ccc(Cl)cc1C(=O)N(C)CC(=O)NC(C)C. The molecule has 1 aromatic rings. The van der Waals surface area contributed by atoms with Crippen LogP contribution in [0.15, 0.2) is 18.2 Å². The molecule has 0 heterocycles. The maximum atomic E-state index is 12.3. The number of rotatable bonds is 5. The highest BCUT2D eigenvalue weighted by atomic mass is 35.5. The molecule has 0 radical (unpaired) electrons. The number of halogens is 1. The summed E-state index contributed by atoms with van der Waals surface area (Å²) in [5, 5.41) is 3.17. The van der Waals surface area contributed by atoms with Crippen molar-refractivity contribution in [1.29, 1.82) is 0 Å².